The number of nitrogens with two attached hydrogens (primary N) is 1. The quantitative estimate of drug-likeness (QED) is 0.384. The smallest absolute Gasteiger partial charge is 0.418 e. The van der Waals surface area contributed by atoms with E-state index in [0.29, 0.717) is 51.6 Å². The molecule has 1 atom stereocenters. The van der Waals surface area contributed by atoms with Crippen LogP contribution in [-0.4, -0.2) is 120 Å². The molecule has 2 aromatic rings. The predicted octanol–water partition coefficient (Wildman–Crippen LogP) is 5.30. The summed E-state index contributed by atoms with van der Waals surface area (Å²) in [6.45, 7) is 6.09. The Morgan fingerprint density at radius 1 is 1.00 bits per heavy atom. The van der Waals surface area contributed by atoms with Crippen LogP contribution in [0.2, 0.25) is 0 Å². The van der Waals surface area contributed by atoms with Gasteiger partial charge in [0.1, 0.15) is 0 Å². The first kappa shape index (κ1) is 35.7. The number of urea groups is 1. The van der Waals surface area contributed by atoms with E-state index in [2.05, 4.69) is 38.1 Å². The van der Waals surface area contributed by atoms with Gasteiger partial charge in [-0.15, -0.1) is 11.3 Å². The summed E-state index contributed by atoms with van der Waals surface area (Å²) in [5, 5.41) is 6.84. The Balaban J connectivity index is 1.13. The topological polar surface area (TPSA) is 115 Å². The van der Waals surface area contributed by atoms with Gasteiger partial charge in [-0.25, -0.2) is 9.59 Å². The van der Waals surface area contributed by atoms with Crippen molar-refractivity contribution in [2.75, 3.05) is 70.5 Å². The van der Waals surface area contributed by atoms with Crippen LogP contribution in [-0.2, 0) is 28.7 Å². The minimum atomic E-state index is -4.70. The van der Waals surface area contributed by atoms with Crippen LogP contribution in [0.5, 0.6) is 0 Å². The van der Waals surface area contributed by atoms with Crippen molar-refractivity contribution in [2.24, 2.45) is 0 Å². The van der Waals surface area contributed by atoms with E-state index in [9.17, 15) is 27.6 Å². The second-order valence-electron chi connectivity index (χ2n) is 13.4. The second kappa shape index (κ2) is 15.0. The lowest BCUT2D eigenvalue weighted by Gasteiger charge is -2.40. The molecule has 4 aliphatic rings. The molecule has 3 fully saturated rings. The molecular weight excluding hydrogens is 727 g/mol. The predicted molar refractivity (Wildman–Crippen MR) is 184 cm³/mol. The number of likely N-dealkylation sites (N-methyl/N-ethyl adjacent to an activating group) is 1. The molecule has 3 saturated heterocycles. The van der Waals surface area contributed by atoms with Crippen LogP contribution < -0.4 is 11.1 Å². The van der Waals surface area contributed by atoms with Crippen LogP contribution in [0.25, 0.3) is 0 Å². The summed E-state index contributed by atoms with van der Waals surface area (Å²) < 4.78 is 47.4. The zero-order valence-electron chi connectivity index (χ0n) is 27.5. The van der Waals surface area contributed by atoms with E-state index in [0.717, 1.165) is 62.8 Å². The van der Waals surface area contributed by atoms with Crippen LogP contribution in [0.3, 0.4) is 0 Å². The van der Waals surface area contributed by atoms with Gasteiger partial charge in [-0.05, 0) is 91.2 Å². The Morgan fingerprint density at radius 2 is 1.69 bits per heavy atom. The zero-order chi connectivity index (χ0) is 34.9. The lowest BCUT2D eigenvalue weighted by atomic mass is 9.99. The summed E-state index contributed by atoms with van der Waals surface area (Å²) in [7, 11) is 2.12. The number of piperidine rings is 2. The Labute approximate surface area is 296 Å². The van der Waals surface area contributed by atoms with Gasteiger partial charge in [0.25, 0.3) is 5.91 Å². The van der Waals surface area contributed by atoms with Gasteiger partial charge < -0.3 is 35.4 Å². The standard InChI is InChI=1S/C33H43BrF3N7O4S/c1-40-7-2-8-41(14-13-40)23-3-9-42(10-4-23)30(45)28(17-21-15-25(33(35,36)37)29(38)26(34)16-21)48-32(47)43-11-5-24(6-12-43)44-18-22-19-49-20-27(22)39-31(44)46/h15-16,19-20,23-24,28H,2-14,17-18,38H2,1H3,(H,39,46)/t28-/m1/s1. The van der Waals surface area contributed by atoms with Crippen LogP contribution in [0.4, 0.5) is 34.1 Å². The number of carbonyl (C=O) groups is 3. The van der Waals surface area contributed by atoms with E-state index in [4.69, 9.17) is 10.5 Å². The molecule has 4 amide bonds. The number of fused-ring (bicyclic) bond motifs is 1. The SMILES string of the molecule is CN1CCCN(C2CCN(C(=O)[C@@H](Cc3cc(Br)c(N)c(C(F)(F)F)c3)OC(=O)N3CCC(N4Cc5cscc5NC4=O)CC3)CC2)CC1. The Morgan fingerprint density at radius 3 is 2.41 bits per heavy atom. The van der Waals surface area contributed by atoms with Crippen molar-refractivity contribution >= 4 is 56.7 Å². The van der Waals surface area contributed by atoms with E-state index in [1.165, 1.54) is 22.3 Å². The van der Waals surface area contributed by atoms with Crippen LogP contribution >= 0.6 is 27.3 Å². The van der Waals surface area contributed by atoms with Crippen LogP contribution in [0.15, 0.2) is 27.4 Å². The molecule has 0 spiro atoms. The number of ether oxygens (including phenoxy) is 1. The molecule has 11 nitrogen and oxygen atoms in total. The zero-order valence-corrected chi connectivity index (χ0v) is 29.9. The molecule has 5 heterocycles. The van der Waals surface area contributed by atoms with E-state index in [-0.39, 0.29) is 28.5 Å². The molecule has 16 heteroatoms. The van der Waals surface area contributed by atoms with Crippen LogP contribution in [0, 0.1) is 0 Å². The molecule has 1 aromatic heterocycles. The summed E-state index contributed by atoms with van der Waals surface area (Å²) in [6.07, 6.45) is -3.28. The first-order valence-corrected chi connectivity index (χ1v) is 18.6. The minimum Gasteiger partial charge on any atom is -0.436 e. The maximum Gasteiger partial charge on any atom is 0.418 e. The second-order valence-corrected chi connectivity index (χ2v) is 15.0. The molecule has 49 heavy (non-hydrogen) atoms. The maximum atomic E-state index is 14.0. The third-order valence-electron chi connectivity index (χ3n) is 10.2. The average Bonchev–Trinajstić information content (AvgIpc) is 3.42. The highest BCUT2D eigenvalue weighted by atomic mass is 79.9. The fourth-order valence-electron chi connectivity index (χ4n) is 7.36. The van der Waals surface area contributed by atoms with E-state index < -0.39 is 35.5 Å². The number of amides is 4. The molecule has 3 N–H and O–H groups in total. The van der Waals surface area contributed by atoms with E-state index >= 15 is 0 Å². The van der Waals surface area contributed by atoms with Gasteiger partial charge in [0.05, 0.1) is 23.5 Å². The number of nitrogens with zero attached hydrogens (tertiary/aromatic N) is 5. The summed E-state index contributed by atoms with van der Waals surface area (Å²) >= 11 is 4.66. The van der Waals surface area contributed by atoms with Gasteiger partial charge >= 0.3 is 18.3 Å². The highest BCUT2D eigenvalue weighted by Crippen LogP contribution is 2.38. The number of anilines is 2. The number of hydrogen-bond acceptors (Lipinski definition) is 8. The van der Waals surface area contributed by atoms with Gasteiger partial charge in [-0.2, -0.15) is 13.2 Å². The molecule has 0 unspecified atom stereocenters. The van der Waals surface area contributed by atoms with Crippen molar-refractivity contribution in [3.05, 3.63) is 44.1 Å². The Bertz CT molecular complexity index is 1530. The molecule has 1 aromatic carbocycles. The lowest BCUT2D eigenvalue weighted by Crippen LogP contribution is -2.53. The first-order valence-electron chi connectivity index (χ1n) is 16.8. The molecule has 6 rings (SSSR count). The normalized spacial score (nSPS) is 21.2. The number of carbonyl (C=O) groups excluding carboxylic acids is 3. The molecule has 0 bridgehead atoms. The van der Waals surface area contributed by atoms with Gasteiger partial charge in [0, 0.05) is 73.2 Å². The van der Waals surface area contributed by atoms with Crippen molar-refractivity contribution in [1.82, 2.24) is 24.5 Å². The number of alkyl halides is 3. The summed E-state index contributed by atoms with van der Waals surface area (Å²) in [4.78, 5) is 50.1. The number of hydrogen-bond donors (Lipinski definition) is 2. The van der Waals surface area contributed by atoms with Crippen LogP contribution in [0.1, 0.15) is 48.8 Å². The Kier molecular flexibility index (Phi) is 11.0. The fraction of sp³-hybridized carbons (Fsp3) is 0.606. The number of rotatable bonds is 6. The van der Waals surface area contributed by atoms with Crippen molar-refractivity contribution in [2.45, 2.75) is 69.4 Å². The molecular formula is C33H43BrF3N7O4S. The lowest BCUT2D eigenvalue weighted by molar-refractivity contribution is -0.142. The Hall–Kier alpha value is -3.08. The number of nitrogen functional groups attached to an aromatic ring is 1. The van der Waals surface area contributed by atoms with Crippen molar-refractivity contribution in [3.63, 3.8) is 0 Å². The number of likely N-dealkylation sites (tertiary alicyclic amines) is 2. The molecule has 4 aliphatic heterocycles. The average molecular weight is 771 g/mol. The van der Waals surface area contributed by atoms with Gasteiger partial charge in [-0.3, -0.25) is 9.69 Å². The summed E-state index contributed by atoms with van der Waals surface area (Å²) in [6, 6.07) is 2.46. The third-order valence-corrected chi connectivity index (χ3v) is 11.7. The maximum absolute atomic E-state index is 14.0. The number of thiophene rings is 1. The number of halogens is 4. The summed E-state index contributed by atoms with van der Waals surface area (Å²) in [5.74, 6) is -0.421. The van der Waals surface area contributed by atoms with E-state index in [1.54, 1.807) is 9.80 Å². The number of nitrogens with one attached hydrogen (secondary N) is 1. The monoisotopic (exact) mass is 769 g/mol. The van der Waals surface area contributed by atoms with Crippen molar-refractivity contribution in [1.29, 1.82) is 0 Å². The molecule has 0 saturated carbocycles. The number of benzene rings is 1. The molecule has 0 radical (unpaired) electrons. The van der Waals surface area contributed by atoms with Gasteiger partial charge in [0.2, 0.25) is 0 Å². The van der Waals surface area contributed by atoms with Crippen molar-refractivity contribution < 1.29 is 32.3 Å². The first-order chi connectivity index (χ1) is 23.4. The fourth-order valence-corrected chi connectivity index (χ4v) is 8.64. The van der Waals surface area contributed by atoms with Crippen molar-refractivity contribution in [3.8, 4) is 0 Å². The largest absolute Gasteiger partial charge is 0.436 e. The molecule has 268 valence electrons. The third kappa shape index (κ3) is 8.29. The minimum absolute atomic E-state index is 0.0529. The summed E-state index contributed by atoms with van der Waals surface area (Å²) in [5.41, 5.74) is 6.33. The molecule has 0 aliphatic carbocycles. The van der Waals surface area contributed by atoms with E-state index in [1.807, 2.05) is 10.8 Å². The highest BCUT2D eigenvalue weighted by Gasteiger charge is 2.38. The highest BCUT2D eigenvalue weighted by molar-refractivity contribution is 9.10. The van der Waals surface area contributed by atoms with Gasteiger partial charge in [-0.1, -0.05) is 0 Å². The van der Waals surface area contributed by atoms with Gasteiger partial charge in [0.15, 0.2) is 6.10 Å².